The zero-order valence-corrected chi connectivity index (χ0v) is 10.3. The minimum absolute atomic E-state index is 0.0224. The molecule has 1 saturated heterocycles. The van der Waals surface area contributed by atoms with Crippen LogP contribution in [0.25, 0.3) is 0 Å². The lowest BCUT2D eigenvalue weighted by Gasteiger charge is -2.23. The molecular weight excluding hydrogens is 214 g/mol. The highest BCUT2D eigenvalue weighted by molar-refractivity contribution is 5.10. The molecule has 0 spiro atoms. The van der Waals surface area contributed by atoms with Crippen LogP contribution in [0.3, 0.4) is 0 Å². The van der Waals surface area contributed by atoms with Crippen molar-refractivity contribution in [2.45, 2.75) is 38.6 Å². The molecule has 0 radical (unpaired) electrons. The Morgan fingerprint density at radius 2 is 2.29 bits per heavy atom. The first kappa shape index (κ1) is 11.0. The molecule has 0 bridgehead atoms. The Balaban J connectivity index is 1.82. The zero-order valence-electron chi connectivity index (χ0n) is 10.3. The Morgan fingerprint density at radius 3 is 3.00 bits per heavy atom. The van der Waals surface area contributed by atoms with Crippen LogP contribution >= 0.6 is 0 Å². The molecule has 3 rings (SSSR count). The van der Waals surface area contributed by atoms with Crippen LogP contribution in [0, 0.1) is 12.8 Å². The summed E-state index contributed by atoms with van der Waals surface area (Å²) in [5.41, 5.74) is 0.940. The van der Waals surface area contributed by atoms with Crippen LogP contribution in [0.2, 0.25) is 0 Å². The van der Waals surface area contributed by atoms with Crippen molar-refractivity contribution < 1.29 is 0 Å². The number of aromatic nitrogens is 2. The number of nitrogens with one attached hydrogen (secondary N) is 1. The monoisotopic (exact) mass is 233 g/mol. The summed E-state index contributed by atoms with van der Waals surface area (Å²) in [4.78, 5) is 21.2. The fourth-order valence-corrected chi connectivity index (χ4v) is 2.78. The molecule has 0 amide bonds. The Bertz CT molecular complexity index is 464. The molecule has 1 aromatic heterocycles. The van der Waals surface area contributed by atoms with Crippen molar-refractivity contribution in [1.82, 2.24) is 14.9 Å². The van der Waals surface area contributed by atoms with Crippen LogP contribution in [0.4, 0.5) is 0 Å². The highest BCUT2D eigenvalue weighted by atomic mass is 16.1. The second-order valence-corrected chi connectivity index (χ2v) is 5.35. The van der Waals surface area contributed by atoms with Gasteiger partial charge in [-0.05, 0) is 45.1 Å². The van der Waals surface area contributed by atoms with Gasteiger partial charge in [-0.15, -0.1) is 0 Å². The van der Waals surface area contributed by atoms with E-state index in [2.05, 4.69) is 14.9 Å². The van der Waals surface area contributed by atoms with Crippen molar-refractivity contribution in [3.05, 3.63) is 27.9 Å². The summed E-state index contributed by atoms with van der Waals surface area (Å²) in [6.07, 6.45) is 5.13. The number of likely N-dealkylation sites (tertiary alicyclic amines) is 1. The lowest BCUT2D eigenvalue weighted by Crippen LogP contribution is -2.27. The summed E-state index contributed by atoms with van der Waals surface area (Å²) in [5.74, 6) is 1.63. The minimum atomic E-state index is -0.0224. The molecule has 1 N–H and O–H groups in total. The molecule has 4 nitrogen and oxygen atoms in total. The van der Waals surface area contributed by atoms with Gasteiger partial charge in [0.25, 0.3) is 5.56 Å². The van der Waals surface area contributed by atoms with Gasteiger partial charge in [0.05, 0.1) is 11.7 Å². The van der Waals surface area contributed by atoms with E-state index in [0.717, 1.165) is 30.4 Å². The van der Waals surface area contributed by atoms with Gasteiger partial charge < -0.3 is 4.98 Å². The second-order valence-electron chi connectivity index (χ2n) is 5.35. The van der Waals surface area contributed by atoms with Crippen molar-refractivity contribution >= 4 is 0 Å². The minimum Gasteiger partial charge on any atom is -0.311 e. The number of aryl methyl sites for hydroxylation is 1. The third kappa shape index (κ3) is 2.41. The summed E-state index contributed by atoms with van der Waals surface area (Å²) in [6, 6.07) is 2.04. The van der Waals surface area contributed by atoms with Gasteiger partial charge in [0.15, 0.2) is 0 Å². The van der Waals surface area contributed by atoms with Gasteiger partial charge in [-0.3, -0.25) is 9.69 Å². The van der Waals surface area contributed by atoms with E-state index < -0.39 is 0 Å². The van der Waals surface area contributed by atoms with Crippen molar-refractivity contribution in [2.24, 2.45) is 5.92 Å². The molecule has 0 aromatic carbocycles. The lowest BCUT2D eigenvalue weighted by atomic mass is 10.1. The molecule has 2 aliphatic rings. The molecule has 17 heavy (non-hydrogen) atoms. The topological polar surface area (TPSA) is 49.0 Å². The normalized spacial score (nSPS) is 25.4. The molecule has 1 saturated carbocycles. The van der Waals surface area contributed by atoms with Crippen LogP contribution in [-0.4, -0.2) is 28.0 Å². The predicted octanol–water partition coefficient (Wildman–Crippen LogP) is 1.63. The Labute approximate surface area is 101 Å². The van der Waals surface area contributed by atoms with Gasteiger partial charge in [-0.2, -0.15) is 0 Å². The standard InChI is InChI=1S/C13H19N3O/c1-9-14-11(7-13(17)15-9)12-3-2-6-16(12)8-10-4-5-10/h7,10,12H,2-6,8H2,1H3,(H,14,15,17)/t12-/m1/s1. The largest absolute Gasteiger partial charge is 0.311 e. The number of aromatic amines is 1. The molecule has 1 aliphatic heterocycles. The molecule has 4 heteroatoms. The van der Waals surface area contributed by atoms with E-state index in [1.807, 2.05) is 6.92 Å². The first-order valence-corrected chi connectivity index (χ1v) is 6.54. The van der Waals surface area contributed by atoms with E-state index in [4.69, 9.17) is 0 Å². The number of hydrogen-bond donors (Lipinski definition) is 1. The highest BCUT2D eigenvalue weighted by Gasteiger charge is 2.32. The van der Waals surface area contributed by atoms with Gasteiger partial charge in [-0.25, -0.2) is 4.98 Å². The number of rotatable bonds is 3. The first-order valence-electron chi connectivity index (χ1n) is 6.54. The molecule has 0 unspecified atom stereocenters. The van der Waals surface area contributed by atoms with E-state index in [9.17, 15) is 4.79 Å². The molecule has 1 aromatic rings. The molecule has 92 valence electrons. The Morgan fingerprint density at radius 1 is 1.47 bits per heavy atom. The summed E-state index contributed by atoms with van der Waals surface area (Å²) >= 11 is 0. The number of hydrogen-bond acceptors (Lipinski definition) is 3. The fourth-order valence-electron chi connectivity index (χ4n) is 2.78. The zero-order chi connectivity index (χ0) is 11.8. The molecule has 1 atom stereocenters. The van der Waals surface area contributed by atoms with Crippen LogP contribution in [-0.2, 0) is 0 Å². The van der Waals surface area contributed by atoms with Gasteiger partial charge in [0.2, 0.25) is 0 Å². The third-order valence-electron chi connectivity index (χ3n) is 3.77. The summed E-state index contributed by atoms with van der Waals surface area (Å²) < 4.78 is 0. The van der Waals surface area contributed by atoms with Crippen LogP contribution in [0.5, 0.6) is 0 Å². The molecule has 2 fully saturated rings. The van der Waals surface area contributed by atoms with E-state index >= 15 is 0 Å². The lowest BCUT2D eigenvalue weighted by molar-refractivity contribution is 0.242. The first-order chi connectivity index (χ1) is 8.22. The number of H-pyrrole nitrogens is 1. The summed E-state index contributed by atoms with van der Waals surface area (Å²) in [7, 11) is 0. The van der Waals surface area contributed by atoms with Gasteiger partial charge in [0, 0.05) is 12.6 Å². The van der Waals surface area contributed by atoms with Crippen LogP contribution in [0.15, 0.2) is 10.9 Å². The third-order valence-corrected chi connectivity index (χ3v) is 3.77. The van der Waals surface area contributed by atoms with Gasteiger partial charge >= 0.3 is 0 Å². The van der Waals surface area contributed by atoms with Crippen LogP contribution in [0.1, 0.15) is 43.2 Å². The fraction of sp³-hybridized carbons (Fsp3) is 0.692. The van der Waals surface area contributed by atoms with E-state index in [0.29, 0.717) is 6.04 Å². The summed E-state index contributed by atoms with van der Waals surface area (Å²) in [6.45, 7) is 4.21. The number of nitrogens with zero attached hydrogens (tertiary/aromatic N) is 2. The van der Waals surface area contributed by atoms with Gasteiger partial charge in [-0.1, -0.05) is 0 Å². The molecule has 2 heterocycles. The van der Waals surface area contributed by atoms with Crippen molar-refractivity contribution in [3.63, 3.8) is 0 Å². The maximum absolute atomic E-state index is 11.5. The van der Waals surface area contributed by atoms with Crippen molar-refractivity contribution in [1.29, 1.82) is 0 Å². The average molecular weight is 233 g/mol. The van der Waals surface area contributed by atoms with Crippen molar-refractivity contribution in [3.8, 4) is 0 Å². The SMILES string of the molecule is Cc1nc([C@H]2CCCN2CC2CC2)cc(=O)[nH]1. The summed E-state index contributed by atoms with van der Waals surface area (Å²) in [5, 5.41) is 0. The van der Waals surface area contributed by atoms with Crippen molar-refractivity contribution in [2.75, 3.05) is 13.1 Å². The van der Waals surface area contributed by atoms with Crippen LogP contribution < -0.4 is 5.56 Å². The Hall–Kier alpha value is -1.16. The quantitative estimate of drug-likeness (QED) is 0.863. The van der Waals surface area contributed by atoms with Gasteiger partial charge in [0.1, 0.15) is 5.82 Å². The maximum Gasteiger partial charge on any atom is 0.251 e. The molecular formula is C13H19N3O. The van der Waals surface area contributed by atoms with E-state index in [1.165, 1.54) is 25.8 Å². The average Bonchev–Trinajstić information content (AvgIpc) is 2.93. The smallest absolute Gasteiger partial charge is 0.251 e. The maximum atomic E-state index is 11.5. The predicted molar refractivity (Wildman–Crippen MR) is 65.9 cm³/mol. The van der Waals surface area contributed by atoms with E-state index in [1.54, 1.807) is 6.07 Å². The molecule has 1 aliphatic carbocycles. The van der Waals surface area contributed by atoms with E-state index in [-0.39, 0.29) is 5.56 Å². The highest BCUT2D eigenvalue weighted by Crippen LogP contribution is 2.36. The Kier molecular flexibility index (Phi) is 2.74. The second kappa shape index (κ2) is 4.26.